The van der Waals surface area contributed by atoms with Gasteiger partial charge in [-0.1, -0.05) is 47.1 Å². The van der Waals surface area contributed by atoms with E-state index in [1.54, 1.807) is 4.90 Å². The maximum Gasteiger partial charge on any atom is 0.269 e. The number of carbonyl (C=O) groups is 2. The van der Waals surface area contributed by atoms with E-state index in [2.05, 4.69) is 27.8 Å². The van der Waals surface area contributed by atoms with Gasteiger partial charge in [0.25, 0.3) is 5.91 Å². The molecular weight excluding hydrogens is 474 g/mol. The lowest BCUT2D eigenvalue weighted by atomic mass is 10.00. The van der Waals surface area contributed by atoms with Gasteiger partial charge in [-0.15, -0.1) is 11.8 Å². The van der Waals surface area contributed by atoms with Crippen molar-refractivity contribution in [3.63, 3.8) is 0 Å². The number of thioether (sulfide) groups is 1. The van der Waals surface area contributed by atoms with Gasteiger partial charge in [0, 0.05) is 28.8 Å². The number of nitrogens with zero attached hydrogens (tertiary/aromatic N) is 3. The van der Waals surface area contributed by atoms with E-state index in [1.165, 1.54) is 11.8 Å². The maximum atomic E-state index is 14.1. The molecule has 2 amide bonds. The number of amides is 2. The molecule has 1 spiro atoms. The second-order valence-electron chi connectivity index (χ2n) is 8.79. The normalized spacial score (nSPS) is 24.5. The van der Waals surface area contributed by atoms with Gasteiger partial charge in [0.05, 0.1) is 18.1 Å². The average Bonchev–Trinajstić information content (AvgIpc) is 3.23. The summed E-state index contributed by atoms with van der Waals surface area (Å²) >= 11 is 5.03. The molecular formula is C24H26BrN3O2S. The highest BCUT2D eigenvalue weighted by Gasteiger charge is 2.61. The van der Waals surface area contributed by atoms with Crippen LogP contribution in [-0.2, 0) is 14.5 Å². The van der Waals surface area contributed by atoms with Crippen molar-refractivity contribution in [2.24, 2.45) is 5.92 Å². The molecule has 2 fully saturated rings. The monoisotopic (exact) mass is 499 g/mol. The quantitative estimate of drug-likeness (QED) is 0.612. The van der Waals surface area contributed by atoms with Crippen LogP contribution in [0.3, 0.4) is 0 Å². The summed E-state index contributed by atoms with van der Waals surface area (Å²) in [6.07, 6.45) is 2.32. The maximum absolute atomic E-state index is 14.1. The van der Waals surface area contributed by atoms with E-state index < -0.39 is 4.87 Å². The molecule has 3 aliphatic heterocycles. The average molecular weight is 500 g/mol. The van der Waals surface area contributed by atoms with Crippen molar-refractivity contribution in [2.45, 2.75) is 31.6 Å². The number of para-hydroxylation sites is 1. The van der Waals surface area contributed by atoms with Crippen LogP contribution in [0.1, 0.15) is 30.9 Å². The first-order chi connectivity index (χ1) is 14.9. The molecule has 0 radical (unpaired) electrons. The number of anilines is 2. The smallest absolute Gasteiger partial charge is 0.269 e. The Kier molecular flexibility index (Phi) is 5.39. The Hall–Kier alpha value is -1.83. The van der Waals surface area contributed by atoms with Crippen LogP contribution in [0, 0.1) is 12.8 Å². The molecule has 31 heavy (non-hydrogen) atoms. The number of hydrogen-bond donors (Lipinski definition) is 0. The summed E-state index contributed by atoms with van der Waals surface area (Å²) in [5.74, 6) is 0.987. The standard InChI is InChI=1S/C24H26BrN3O2S/c1-16-9-11-26(12-10-16)15-27-21-6-4-3-5-19(21)24(23(27)30)28(22(29)14-31-24)18-8-7-17(2)20(25)13-18/h3-8,13,16H,9-12,14-15H2,1-2H3. The fourth-order valence-corrected chi connectivity index (χ4v) is 6.55. The molecule has 5 rings (SSSR count). The Morgan fingerprint density at radius 2 is 1.87 bits per heavy atom. The number of rotatable bonds is 3. The van der Waals surface area contributed by atoms with Crippen LogP contribution >= 0.6 is 27.7 Å². The highest BCUT2D eigenvalue weighted by Crippen LogP contribution is 2.55. The summed E-state index contributed by atoms with van der Waals surface area (Å²) in [6.45, 7) is 6.88. The molecule has 1 atom stereocenters. The van der Waals surface area contributed by atoms with Crippen molar-refractivity contribution in [1.29, 1.82) is 0 Å². The molecule has 0 aromatic heterocycles. The van der Waals surface area contributed by atoms with Crippen molar-refractivity contribution in [3.8, 4) is 0 Å². The summed E-state index contributed by atoms with van der Waals surface area (Å²) in [4.78, 5) is 32.2. The second kappa shape index (κ2) is 7.94. The van der Waals surface area contributed by atoms with Gasteiger partial charge in [0.15, 0.2) is 0 Å². The van der Waals surface area contributed by atoms with Crippen molar-refractivity contribution >= 4 is 50.9 Å². The minimum absolute atomic E-state index is 0.0140. The van der Waals surface area contributed by atoms with Crippen LogP contribution in [0.2, 0.25) is 0 Å². The van der Waals surface area contributed by atoms with Gasteiger partial charge in [0.2, 0.25) is 10.8 Å². The molecule has 3 heterocycles. The summed E-state index contributed by atoms with van der Waals surface area (Å²) in [5.41, 5.74) is 3.68. The zero-order valence-electron chi connectivity index (χ0n) is 17.8. The SMILES string of the molecule is Cc1ccc(N2C(=O)CSC23C(=O)N(CN2CCC(C)CC2)c2ccccc23)cc1Br. The minimum Gasteiger partial charge on any atom is -0.295 e. The number of aryl methyl sites for hydroxylation is 1. The minimum atomic E-state index is -1.04. The Labute approximate surface area is 195 Å². The third-order valence-electron chi connectivity index (χ3n) is 6.70. The molecule has 2 saturated heterocycles. The fraction of sp³-hybridized carbons (Fsp3) is 0.417. The third-order valence-corrected chi connectivity index (χ3v) is 8.94. The molecule has 1 unspecified atom stereocenters. The third kappa shape index (κ3) is 3.33. The van der Waals surface area contributed by atoms with E-state index in [0.29, 0.717) is 12.4 Å². The Morgan fingerprint density at radius 3 is 2.61 bits per heavy atom. The second-order valence-corrected chi connectivity index (χ2v) is 10.8. The van der Waals surface area contributed by atoms with E-state index in [1.807, 2.05) is 54.3 Å². The summed E-state index contributed by atoms with van der Waals surface area (Å²) in [7, 11) is 0. The number of hydrogen-bond acceptors (Lipinski definition) is 4. The summed E-state index contributed by atoms with van der Waals surface area (Å²) < 4.78 is 0.933. The van der Waals surface area contributed by atoms with Crippen molar-refractivity contribution < 1.29 is 9.59 Å². The predicted molar refractivity (Wildman–Crippen MR) is 129 cm³/mol. The zero-order valence-corrected chi connectivity index (χ0v) is 20.2. The van der Waals surface area contributed by atoms with Crippen molar-refractivity contribution in [2.75, 3.05) is 35.3 Å². The van der Waals surface area contributed by atoms with E-state index >= 15 is 0 Å². The largest absolute Gasteiger partial charge is 0.295 e. The number of fused-ring (bicyclic) bond motifs is 2. The van der Waals surface area contributed by atoms with Gasteiger partial charge < -0.3 is 0 Å². The topological polar surface area (TPSA) is 43.9 Å². The first-order valence-electron chi connectivity index (χ1n) is 10.8. The molecule has 0 bridgehead atoms. The molecule has 0 saturated carbocycles. The van der Waals surface area contributed by atoms with Crippen molar-refractivity contribution in [1.82, 2.24) is 4.90 Å². The van der Waals surface area contributed by atoms with Crippen LogP contribution in [0.15, 0.2) is 46.9 Å². The number of halogens is 1. The Bertz CT molecular complexity index is 1050. The van der Waals surface area contributed by atoms with Gasteiger partial charge in [-0.3, -0.25) is 24.3 Å². The molecule has 3 aliphatic rings. The fourth-order valence-electron chi connectivity index (χ4n) is 4.82. The summed E-state index contributed by atoms with van der Waals surface area (Å²) in [6, 6.07) is 13.8. The van der Waals surface area contributed by atoms with Crippen molar-refractivity contribution in [3.05, 3.63) is 58.1 Å². The van der Waals surface area contributed by atoms with E-state index in [4.69, 9.17) is 0 Å². The molecule has 2 aromatic rings. The van der Waals surface area contributed by atoms with E-state index in [9.17, 15) is 9.59 Å². The molecule has 5 nitrogen and oxygen atoms in total. The van der Waals surface area contributed by atoms with Gasteiger partial charge in [-0.2, -0.15) is 0 Å². The lowest BCUT2D eigenvalue weighted by Crippen LogP contribution is -2.52. The number of benzene rings is 2. The Morgan fingerprint density at radius 1 is 1.13 bits per heavy atom. The molecule has 2 aromatic carbocycles. The molecule has 162 valence electrons. The van der Waals surface area contributed by atoms with E-state index in [-0.39, 0.29) is 11.8 Å². The van der Waals surface area contributed by atoms with Gasteiger partial charge >= 0.3 is 0 Å². The van der Waals surface area contributed by atoms with Crippen LogP contribution < -0.4 is 9.80 Å². The van der Waals surface area contributed by atoms with Crippen LogP contribution in [0.4, 0.5) is 11.4 Å². The highest BCUT2D eigenvalue weighted by molar-refractivity contribution is 9.10. The number of carbonyl (C=O) groups excluding carboxylic acids is 2. The Balaban J connectivity index is 1.57. The van der Waals surface area contributed by atoms with Crippen LogP contribution in [0.5, 0.6) is 0 Å². The summed E-state index contributed by atoms with van der Waals surface area (Å²) in [5, 5.41) is 0. The van der Waals surface area contributed by atoms with Crippen LogP contribution in [0.25, 0.3) is 0 Å². The lowest BCUT2D eigenvalue weighted by molar-refractivity contribution is -0.124. The van der Waals surface area contributed by atoms with Crippen LogP contribution in [-0.4, -0.2) is 42.2 Å². The van der Waals surface area contributed by atoms with Gasteiger partial charge in [-0.25, -0.2) is 0 Å². The van der Waals surface area contributed by atoms with Gasteiger partial charge in [0.1, 0.15) is 0 Å². The van der Waals surface area contributed by atoms with Gasteiger partial charge in [-0.05, 0) is 49.4 Å². The highest BCUT2D eigenvalue weighted by atomic mass is 79.9. The molecule has 7 heteroatoms. The zero-order chi connectivity index (χ0) is 21.8. The lowest BCUT2D eigenvalue weighted by Gasteiger charge is -2.36. The first-order valence-corrected chi connectivity index (χ1v) is 12.6. The van der Waals surface area contributed by atoms with E-state index in [0.717, 1.165) is 58.8 Å². The molecule has 0 N–H and O–H groups in total. The molecule has 0 aliphatic carbocycles. The number of likely N-dealkylation sites (tertiary alicyclic amines) is 1. The predicted octanol–water partition coefficient (Wildman–Crippen LogP) is 4.73. The first kappa shape index (κ1) is 21.0. The number of piperidine rings is 1.